The Hall–Kier alpha value is -2.80. The van der Waals surface area contributed by atoms with Crippen LogP contribution >= 0.6 is 22.6 Å². The molecule has 0 unspecified atom stereocenters. The Labute approximate surface area is 193 Å². The second-order valence-electron chi connectivity index (χ2n) is 8.72. The SMILES string of the molecule is CC12c3ccccc3C(C=O)(c3ccccc31)[C@@H]1C(=O)N(c3ccc(I)cc3)C(=O)[C@@H]12. The highest BCUT2D eigenvalue weighted by Gasteiger charge is 2.72. The van der Waals surface area contributed by atoms with E-state index in [-0.39, 0.29) is 11.8 Å². The van der Waals surface area contributed by atoms with E-state index in [0.717, 1.165) is 32.1 Å². The highest BCUT2D eigenvalue weighted by atomic mass is 127. The van der Waals surface area contributed by atoms with Gasteiger partial charge in [-0.2, -0.15) is 0 Å². The van der Waals surface area contributed by atoms with Gasteiger partial charge < -0.3 is 4.79 Å². The molecule has 1 fully saturated rings. The zero-order valence-electron chi connectivity index (χ0n) is 16.7. The fraction of sp³-hybridized carbons (Fsp3) is 0.192. The van der Waals surface area contributed by atoms with Gasteiger partial charge in [0.05, 0.1) is 22.9 Å². The molecule has 0 N–H and O–H groups in total. The average molecular weight is 519 g/mol. The van der Waals surface area contributed by atoms with Gasteiger partial charge in [0.25, 0.3) is 0 Å². The lowest BCUT2D eigenvalue weighted by molar-refractivity contribution is -0.129. The predicted molar refractivity (Wildman–Crippen MR) is 125 cm³/mol. The van der Waals surface area contributed by atoms with Gasteiger partial charge in [-0.25, -0.2) is 4.90 Å². The third-order valence-electron chi connectivity index (χ3n) is 7.55. The summed E-state index contributed by atoms with van der Waals surface area (Å²) in [5.74, 6) is -1.91. The van der Waals surface area contributed by atoms with Crippen LogP contribution in [0.4, 0.5) is 5.69 Å². The molecule has 1 aliphatic heterocycles. The lowest BCUT2D eigenvalue weighted by atomic mass is 9.42. The number of aldehydes is 1. The van der Waals surface area contributed by atoms with Gasteiger partial charge in [0, 0.05) is 8.99 Å². The van der Waals surface area contributed by atoms with Crippen molar-refractivity contribution in [2.75, 3.05) is 4.90 Å². The van der Waals surface area contributed by atoms with E-state index in [0.29, 0.717) is 5.69 Å². The first-order chi connectivity index (χ1) is 15.0. The monoisotopic (exact) mass is 519 g/mol. The van der Waals surface area contributed by atoms with Crippen LogP contribution in [-0.2, 0) is 25.2 Å². The van der Waals surface area contributed by atoms with Crippen molar-refractivity contribution in [1.82, 2.24) is 0 Å². The van der Waals surface area contributed by atoms with Crippen molar-refractivity contribution in [2.24, 2.45) is 11.8 Å². The van der Waals surface area contributed by atoms with Gasteiger partial charge in [-0.3, -0.25) is 9.59 Å². The highest BCUT2D eigenvalue weighted by Crippen LogP contribution is 2.66. The van der Waals surface area contributed by atoms with Crippen LogP contribution in [0.1, 0.15) is 29.2 Å². The van der Waals surface area contributed by atoms with Crippen molar-refractivity contribution in [3.63, 3.8) is 0 Å². The van der Waals surface area contributed by atoms with E-state index >= 15 is 0 Å². The van der Waals surface area contributed by atoms with Crippen molar-refractivity contribution in [1.29, 1.82) is 0 Å². The smallest absolute Gasteiger partial charge is 0.239 e. The van der Waals surface area contributed by atoms with E-state index in [4.69, 9.17) is 0 Å². The lowest BCUT2D eigenvalue weighted by Gasteiger charge is -2.56. The second-order valence-corrected chi connectivity index (χ2v) is 9.97. The number of imide groups is 1. The quantitative estimate of drug-likeness (QED) is 0.290. The van der Waals surface area contributed by atoms with Gasteiger partial charge in [-0.1, -0.05) is 55.5 Å². The average Bonchev–Trinajstić information content (AvgIpc) is 3.07. The number of carbonyl (C=O) groups excluding carboxylic acids is 3. The molecule has 3 aliphatic carbocycles. The molecule has 3 aromatic carbocycles. The molecule has 1 heterocycles. The van der Waals surface area contributed by atoms with E-state index < -0.39 is 22.7 Å². The Morgan fingerprint density at radius 3 is 1.77 bits per heavy atom. The number of carbonyl (C=O) groups is 3. The summed E-state index contributed by atoms with van der Waals surface area (Å²) < 4.78 is 1.02. The van der Waals surface area contributed by atoms with Crippen LogP contribution in [0.5, 0.6) is 0 Å². The third kappa shape index (κ3) is 2.03. The van der Waals surface area contributed by atoms with E-state index in [1.54, 1.807) is 12.1 Å². The lowest BCUT2D eigenvalue weighted by Crippen LogP contribution is -2.61. The van der Waals surface area contributed by atoms with Crippen LogP contribution in [0.2, 0.25) is 0 Å². The molecule has 7 rings (SSSR count). The molecule has 4 aliphatic rings. The first-order valence-electron chi connectivity index (χ1n) is 10.3. The molecule has 0 spiro atoms. The number of benzene rings is 3. The fourth-order valence-corrected chi connectivity index (χ4v) is 6.67. The molecule has 0 aromatic heterocycles. The van der Waals surface area contributed by atoms with Crippen molar-refractivity contribution in [3.05, 3.63) is 98.6 Å². The van der Waals surface area contributed by atoms with Crippen LogP contribution in [0.25, 0.3) is 0 Å². The molecule has 152 valence electrons. The Bertz CT molecular complexity index is 1250. The topological polar surface area (TPSA) is 54.5 Å². The molecule has 1 saturated heterocycles. The number of anilines is 1. The molecule has 0 saturated carbocycles. The second kappa shape index (κ2) is 6.13. The molecule has 2 amide bonds. The zero-order chi connectivity index (χ0) is 21.5. The van der Waals surface area contributed by atoms with Gasteiger partial charge in [-0.15, -0.1) is 0 Å². The maximum Gasteiger partial charge on any atom is 0.239 e. The highest BCUT2D eigenvalue weighted by molar-refractivity contribution is 14.1. The van der Waals surface area contributed by atoms with Crippen molar-refractivity contribution < 1.29 is 14.4 Å². The number of halogens is 1. The third-order valence-corrected chi connectivity index (χ3v) is 8.27. The van der Waals surface area contributed by atoms with Crippen LogP contribution in [-0.4, -0.2) is 18.1 Å². The number of amides is 2. The summed E-state index contributed by atoms with van der Waals surface area (Å²) >= 11 is 2.20. The molecular weight excluding hydrogens is 501 g/mol. The molecule has 2 bridgehead atoms. The maximum atomic E-state index is 13.9. The van der Waals surface area contributed by atoms with E-state index in [1.165, 1.54) is 4.90 Å². The molecule has 3 aromatic rings. The van der Waals surface area contributed by atoms with Crippen LogP contribution < -0.4 is 4.90 Å². The predicted octanol–water partition coefficient (Wildman–Crippen LogP) is 4.22. The molecule has 0 radical (unpaired) electrons. The Balaban J connectivity index is 1.69. The minimum absolute atomic E-state index is 0.228. The molecule has 4 nitrogen and oxygen atoms in total. The van der Waals surface area contributed by atoms with Crippen LogP contribution in [0.15, 0.2) is 72.8 Å². The summed E-state index contributed by atoms with van der Waals surface area (Å²) in [6.07, 6.45) is 0.906. The summed E-state index contributed by atoms with van der Waals surface area (Å²) in [5.41, 5.74) is 2.33. The summed E-state index contributed by atoms with van der Waals surface area (Å²) in [6, 6.07) is 23.0. The van der Waals surface area contributed by atoms with Crippen LogP contribution in [0, 0.1) is 15.4 Å². The standard InChI is InChI=1S/C26H18INO3/c1-25-17-6-2-4-8-19(17)26(14-29,20-9-5-3-7-18(20)25)22-21(25)23(30)28(24(22)31)16-12-10-15(27)11-13-16/h2-14,21-22H,1H3/t21-,22+,25?,26?/m1/s1. The van der Waals surface area contributed by atoms with Crippen molar-refractivity contribution in [3.8, 4) is 0 Å². The van der Waals surface area contributed by atoms with Gasteiger partial charge in [0.2, 0.25) is 11.8 Å². The van der Waals surface area contributed by atoms with Gasteiger partial charge in [0.15, 0.2) is 0 Å². The van der Waals surface area contributed by atoms with E-state index in [9.17, 15) is 14.4 Å². The first-order valence-corrected chi connectivity index (χ1v) is 11.3. The fourth-order valence-electron chi connectivity index (χ4n) is 6.31. The van der Waals surface area contributed by atoms with E-state index in [1.807, 2.05) is 60.7 Å². The normalized spacial score (nSPS) is 30.1. The summed E-state index contributed by atoms with van der Waals surface area (Å²) in [7, 11) is 0. The van der Waals surface area contributed by atoms with Gasteiger partial charge in [0.1, 0.15) is 6.29 Å². The summed E-state index contributed by atoms with van der Waals surface area (Å²) in [4.78, 5) is 42.1. The minimum atomic E-state index is -1.17. The van der Waals surface area contributed by atoms with Crippen molar-refractivity contribution >= 4 is 46.4 Å². The molecule has 2 atom stereocenters. The minimum Gasteiger partial charge on any atom is -0.302 e. The largest absolute Gasteiger partial charge is 0.302 e. The number of hydrogen-bond donors (Lipinski definition) is 0. The Morgan fingerprint density at radius 1 is 0.774 bits per heavy atom. The Kier molecular flexibility index (Phi) is 3.74. The van der Waals surface area contributed by atoms with Crippen molar-refractivity contribution in [2.45, 2.75) is 17.8 Å². The number of rotatable bonds is 2. The summed E-state index contributed by atoms with van der Waals surface area (Å²) in [6.45, 7) is 2.05. The number of nitrogens with zero attached hydrogens (tertiary/aromatic N) is 1. The molecular formula is C26H18INO3. The molecule has 31 heavy (non-hydrogen) atoms. The van der Waals surface area contributed by atoms with E-state index in [2.05, 4.69) is 29.5 Å². The Morgan fingerprint density at radius 2 is 1.26 bits per heavy atom. The van der Waals surface area contributed by atoms with Gasteiger partial charge >= 0.3 is 0 Å². The first kappa shape index (κ1) is 18.9. The summed E-state index contributed by atoms with van der Waals surface area (Å²) in [5, 5.41) is 0. The van der Waals surface area contributed by atoms with Gasteiger partial charge in [-0.05, 0) is 69.1 Å². The zero-order valence-corrected chi connectivity index (χ0v) is 18.9. The number of hydrogen-bond acceptors (Lipinski definition) is 3. The van der Waals surface area contributed by atoms with Crippen LogP contribution in [0.3, 0.4) is 0 Å². The molecule has 5 heteroatoms. The maximum absolute atomic E-state index is 13.9.